The van der Waals surface area contributed by atoms with Gasteiger partial charge < -0.3 is 10.8 Å². The van der Waals surface area contributed by atoms with Crippen LogP contribution >= 0.6 is 11.6 Å². The first kappa shape index (κ1) is 9.86. The van der Waals surface area contributed by atoms with E-state index in [9.17, 15) is 5.11 Å². The quantitative estimate of drug-likeness (QED) is 0.695. The Labute approximate surface area is 91.7 Å². The minimum atomic E-state index is 0.183. The number of aromatic hydroxyl groups is 1. The summed E-state index contributed by atoms with van der Waals surface area (Å²) in [5.74, 6) is 0.560. The molecule has 1 aromatic carbocycles. The molecule has 0 saturated heterocycles. The molecule has 0 atom stereocenters. The van der Waals surface area contributed by atoms with E-state index in [4.69, 9.17) is 17.3 Å². The molecular formula is C10H10ClN3O. The van der Waals surface area contributed by atoms with Gasteiger partial charge in [-0.05, 0) is 24.6 Å². The highest BCUT2D eigenvalue weighted by molar-refractivity contribution is 6.31. The SMILES string of the molecule is Cc1cc(Cl)cc(-c2cc(N)n[nH]2)c1O. The van der Waals surface area contributed by atoms with E-state index in [-0.39, 0.29) is 5.75 Å². The summed E-state index contributed by atoms with van der Waals surface area (Å²) in [5, 5.41) is 16.9. The number of hydrogen-bond acceptors (Lipinski definition) is 3. The maximum atomic E-state index is 9.84. The zero-order valence-corrected chi connectivity index (χ0v) is 8.84. The van der Waals surface area contributed by atoms with E-state index in [0.717, 1.165) is 0 Å². The van der Waals surface area contributed by atoms with Crippen LogP contribution in [0.25, 0.3) is 11.3 Å². The fourth-order valence-electron chi connectivity index (χ4n) is 1.42. The van der Waals surface area contributed by atoms with Gasteiger partial charge in [0, 0.05) is 16.7 Å². The lowest BCUT2D eigenvalue weighted by molar-refractivity contribution is 0.473. The average molecular weight is 224 g/mol. The summed E-state index contributed by atoms with van der Waals surface area (Å²) >= 11 is 5.90. The van der Waals surface area contributed by atoms with Crippen molar-refractivity contribution in [3.63, 3.8) is 0 Å². The van der Waals surface area contributed by atoms with Crippen LogP contribution in [0.15, 0.2) is 18.2 Å². The van der Waals surface area contributed by atoms with E-state index in [0.29, 0.717) is 27.7 Å². The van der Waals surface area contributed by atoms with Crippen LogP contribution in [0.2, 0.25) is 5.02 Å². The highest BCUT2D eigenvalue weighted by atomic mass is 35.5. The van der Waals surface area contributed by atoms with Gasteiger partial charge in [0.15, 0.2) is 0 Å². The Bertz CT molecular complexity index is 507. The first-order chi connectivity index (χ1) is 7.08. The van der Waals surface area contributed by atoms with Gasteiger partial charge in [0.1, 0.15) is 11.6 Å². The lowest BCUT2D eigenvalue weighted by Crippen LogP contribution is -1.83. The molecule has 0 aliphatic carbocycles. The van der Waals surface area contributed by atoms with Crippen LogP contribution in [0.3, 0.4) is 0 Å². The van der Waals surface area contributed by atoms with Crippen LogP contribution in [0.4, 0.5) is 5.82 Å². The van der Waals surface area contributed by atoms with Crippen molar-refractivity contribution in [1.29, 1.82) is 0 Å². The van der Waals surface area contributed by atoms with Crippen molar-refractivity contribution in [3.8, 4) is 17.0 Å². The molecule has 78 valence electrons. The number of halogens is 1. The number of H-pyrrole nitrogens is 1. The molecule has 0 aliphatic heterocycles. The second kappa shape index (κ2) is 3.47. The van der Waals surface area contributed by atoms with E-state index < -0.39 is 0 Å². The van der Waals surface area contributed by atoms with E-state index >= 15 is 0 Å². The molecule has 15 heavy (non-hydrogen) atoms. The zero-order valence-electron chi connectivity index (χ0n) is 8.08. The fourth-order valence-corrected chi connectivity index (χ4v) is 1.69. The van der Waals surface area contributed by atoms with Gasteiger partial charge in [-0.1, -0.05) is 11.6 Å². The smallest absolute Gasteiger partial charge is 0.145 e. The molecule has 0 radical (unpaired) electrons. The largest absolute Gasteiger partial charge is 0.507 e. The summed E-state index contributed by atoms with van der Waals surface area (Å²) in [6, 6.07) is 5.00. The lowest BCUT2D eigenvalue weighted by Gasteiger charge is -2.05. The number of anilines is 1. The summed E-state index contributed by atoms with van der Waals surface area (Å²) in [6.07, 6.45) is 0. The van der Waals surface area contributed by atoms with Crippen LogP contribution in [-0.2, 0) is 0 Å². The van der Waals surface area contributed by atoms with Crippen LogP contribution in [0.5, 0.6) is 5.75 Å². The van der Waals surface area contributed by atoms with Gasteiger partial charge in [-0.3, -0.25) is 5.10 Å². The van der Waals surface area contributed by atoms with Crippen molar-refractivity contribution in [2.75, 3.05) is 5.73 Å². The molecule has 0 spiro atoms. The highest BCUT2D eigenvalue weighted by Crippen LogP contribution is 2.34. The first-order valence-electron chi connectivity index (χ1n) is 4.38. The maximum absolute atomic E-state index is 9.84. The number of phenols is 1. The number of benzene rings is 1. The molecule has 1 aromatic heterocycles. The lowest BCUT2D eigenvalue weighted by atomic mass is 10.1. The number of aryl methyl sites for hydroxylation is 1. The number of nitrogen functional groups attached to an aromatic ring is 1. The van der Waals surface area contributed by atoms with Gasteiger partial charge in [-0.15, -0.1) is 0 Å². The summed E-state index contributed by atoms with van der Waals surface area (Å²) in [7, 11) is 0. The second-order valence-electron chi connectivity index (χ2n) is 3.33. The molecule has 1 heterocycles. The van der Waals surface area contributed by atoms with Crippen LogP contribution in [0.1, 0.15) is 5.56 Å². The van der Waals surface area contributed by atoms with Gasteiger partial charge in [-0.2, -0.15) is 5.10 Å². The van der Waals surface area contributed by atoms with Crippen molar-refractivity contribution in [2.24, 2.45) is 0 Å². The Hall–Kier alpha value is -1.68. The van der Waals surface area contributed by atoms with Gasteiger partial charge in [0.2, 0.25) is 0 Å². The van der Waals surface area contributed by atoms with Gasteiger partial charge >= 0.3 is 0 Å². The number of rotatable bonds is 1. The maximum Gasteiger partial charge on any atom is 0.145 e. The Morgan fingerprint density at radius 2 is 2.13 bits per heavy atom. The van der Waals surface area contributed by atoms with E-state index in [1.165, 1.54) is 0 Å². The molecule has 4 N–H and O–H groups in total. The fraction of sp³-hybridized carbons (Fsp3) is 0.100. The van der Waals surface area contributed by atoms with E-state index in [2.05, 4.69) is 10.2 Å². The Morgan fingerprint density at radius 1 is 1.40 bits per heavy atom. The van der Waals surface area contributed by atoms with Crippen LogP contribution < -0.4 is 5.73 Å². The molecule has 0 unspecified atom stereocenters. The summed E-state index contributed by atoms with van der Waals surface area (Å²) in [5.41, 5.74) is 7.45. The minimum Gasteiger partial charge on any atom is -0.507 e. The van der Waals surface area contributed by atoms with Gasteiger partial charge in [-0.25, -0.2) is 0 Å². The molecular weight excluding hydrogens is 214 g/mol. The molecule has 4 nitrogen and oxygen atoms in total. The van der Waals surface area contributed by atoms with E-state index in [1.54, 1.807) is 25.1 Å². The number of aromatic nitrogens is 2. The number of nitrogens with two attached hydrogens (primary N) is 1. The average Bonchev–Trinajstić information content (AvgIpc) is 2.58. The van der Waals surface area contributed by atoms with Crippen molar-refractivity contribution in [3.05, 3.63) is 28.8 Å². The minimum absolute atomic E-state index is 0.183. The molecule has 0 amide bonds. The van der Waals surface area contributed by atoms with Crippen molar-refractivity contribution < 1.29 is 5.11 Å². The first-order valence-corrected chi connectivity index (χ1v) is 4.76. The molecule has 5 heteroatoms. The third-order valence-electron chi connectivity index (χ3n) is 2.15. The molecule has 2 aromatic rings. The molecule has 0 aliphatic rings. The van der Waals surface area contributed by atoms with Crippen molar-refractivity contribution in [1.82, 2.24) is 10.2 Å². The van der Waals surface area contributed by atoms with Crippen molar-refractivity contribution in [2.45, 2.75) is 6.92 Å². The number of phenolic OH excluding ortho intramolecular Hbond substituents is 1. The van der Waals surface area contributed by atoms with Gasteiger partial charge in [0.05, 0.1) is 5.69 Å². The predicted octanol–water partition coefficient (Wildman–Crippen LogP) is 2.33. The molecule has 2 rings (SSSR count). The molecule has 0 bridgehead atoms. The Kier molecular flexibility index (Phi) is 2.28. The predicted molar refractivity (Wildman–Crippen MR) is 59.8 cm³/mol. The van der Waals surface area contributed by atoms with Crippen molar-refractivity contribution >= 4 is 17.4 Å². The number of nitrogens with one attached hydrogen (secondary N) is 1. The monoisotopic (exact) mass is 223 g/mol. The Balaban J connectivity index is 2.62. The number of nitrogens with zero attached hydrogens (tertiary/aromatic N) is 1. The third-order valence-corrected chi connectivity index (χ3v) is 2.37. The zero-order chi connectivity index (χ0) is 11.0. The molecule has 0 saturated carbocycles. The summed E-state index contributed by atoms with van der Waals surface area (Å²) < 4.78 is 0. The third kappa shape index (κ3) is 1.76. The summed E-state index contributed by atoms with van der Waals surface area (Å²) in [4.78, 5) is 0. The Morgan fingerprint density at radius 3 is 2.73 bits per heavy atom. The standard InChI is InChI=1S/C10H10ClN3O/c1-5-2-6(11)3-7(10(5)15)8-4-9(12)14-13-8/h2-4,15H,1H3,(H3,12,13,14). The van der Waals surface area contributed by atoms with Crippen LogP contribution in [-0.4, -0.2) is 15.3 Å². The topological polar surface area (TPSA) is 74.9 Å². The number of hydrogen-bond donors (Lipinski definition) is 3. The summed E-state index contributed by atoms with van der Waals surface area (Å²) in [6.45, 7) is 1.78. The number of aromatic amines is 1. The van der Waals surface area contributed by atoms with E-state index in [1.807, 2.05) is 0 Å². The normalized spacial score (nSPS) is 10.5. The second-order valence-corrected chi connectivity index (χ2v) is 3.76. The van der Waals surface area contributed by atoms with Crippen LogP contribution in [0, 0.1) is 6.92 Å². The molecule has 0 fully saturated rings. The van der Waals surface area contributed by atoms with Gasteiger partial charge in [0.25, 0.3) is 0 Å². The highest BCUT2D eigenvalue weighted by Gasteiger charge is 2.10.